The normalized spacial score (nSPS) is 10.5. The number of H-pyrrole nitrogens is 1. The molecule has 0 atom stereocenters. The Balaban J connectivity index is 2.67. The van der Waals surface area contributed by atoms with E-state index in [4.69, 9.17) is 16.3 Å². The minimum atomic E-state index is -0.434. The Morgan fingerprint density at radius 1 is 1.37 bits per heavy atom. The number of carbonyl (C=O) groups excluding carboxylic acids is 1. The van der Waals surface area contributed by atoms with E-state index in [1.165, 1.54) is 20.3 Å². The number of hydrogen-bond acceptors (Lipinski definition) is 4. The van der Waals surface area contributed by atoms with Crippen molar-refractivity contribution in [3.8, 4) is 5.75 Å². The van der Waals surface area contributed by atoms with Gasteiger partial charge in [-0.2, -0.15) is 0 Å². The van der Waals surface area contributed by atoms with Crippen LogP contribution in [0, 0.1) is 0 Å². The number of pyridine rings is 1. The van der Waals surface area contributed by atoms with Crippen molar-refractivity contribution in [2.45, 2.75) is 6.42 Å². The van der Waals surface area contributed by atoms with Crippen LogP contribution in [0.25, 0.3) is 10.9 Å². The van der Waals surface area contributed by atoms with Crippen molar-refractivity contribution in [3.05, 3.63) is 39.1 Å². The van der Waals surface area contributed by atoms with E-state index in [-0.39, 0.29) is 11.8 Å². The Morgan fingerprint density at radius 2 is 2.11 bits per heavy atom. The van der Waals surface area contributed by atoms with Crippen molar-refractivity contribution in [3.63, 3.8) is 0 Å². The van der Waals surface area contributed by atoms with Crippen LogP contribution in [0.3, 0.4) is 0 Å². The summed E-state index contributed by atoms with van der Waals surface area (Å²) in [5.74, 6) is 0.0548. The van der Waals surface area contributed by atoms with Gasteiger partial charge in [-0.05, 0) is 12.1 Å². The number of nitrogens with one attached hydrogen (secondary N) is 1. The number of fused-ring (bicyclic) bond motifs is 1. The molecule has 0 saturated carbocycles. The summed E-state index contributed by atoms with van der Waals surface area (Å²) >= 11 is 6.01. The number of aromatic nitrogens is 1. The molecule has 5 nitrogen and oxygen atoms in total. The molecular weight excluding hydrogens is 270 g/mol. The maximum Gasteiger partial charge on any atom is 0.311 e. The van der Waals surface area contributed by atoms with E-state index in [1.54, 1.807) is 12.1 Å². The molecule has 1 aromatic carbocycles. The van der Waals surface area contributed by atoms with Crippen molar-refractivity contribution in [1.29, 1.82) is 0 Å². The second-order valence-corrected chi connectivity index (χ2v) is 4.32. The second-order valence-electron chi connectivity index (χ2n) is 3.91. The maximum absolute atomic E-state index is 12.0. The fourth-order valence-electron chi connectivity index (χ4n) is 1.84. The highest BCUT2D eigenvalue weighted by Gasteiger charge is 2.12. The van der Waals surface area contributed by atoms with Crippen LogP contribution in [0.15, 0.2) is 23.0 Å². The summed E-state index contributed by atoms with van der Waals surface area (Å²) in [6.07, 6.45) is -0.0165. The summed E-state index contributed by atoms with van der Waals surface area (Å²) < 4.78 is 9.75. The largest absolute Gasteiger partial charge is 0.495 e. The minimum absolute atomic E-state index is 0.0165. The van der Waals surface area contributed by atoms with E-state index in [1.807, 2.05) is 0 Å². The predicted octanol–water partition coefficient (Wildman–Crippen LogP) is 1.91. The average Bonchev–Trinajstić information content (AvgIpc) is 2.38. The van der Waals surface area contributed by atoms with E-state index in [0.717, 1.165) is 0 Å². The lowest BCUT2D eigenvalue weighted by atomic mass is 10.1. The molecule has 19 heavy (non-hydrogen) atoms. The monoisotopic (exact) mass is 281 g/mol. The van der Waals surface area contributed by atoms with Gasteiger partial charge >= 0.3 is 5.97 Å². The van der Waals surface area contributed by atoms with Crippen LogP contribution in [0.4, 0.5) is 0 Å². The first-order valence-electron chi connectivity index (χ1n) is 5.52. The molecular formula is C13H12ClNO4. The predicted molar refractivity (Wildman–Crippen MR) is 71.9 cm³/mol. The summed E-state index contributed by atoms with van der Waals surface area (Å²) in [7, 11) is 2.78. The summed E-state index contributed by atoms with van der Waals surface area (Å²) in [6.45, 7) is 0. The molecule has 2 rings (SSSR count). The molecule has 0 aliphatic rings. The molecule has 1 heterocycles. The Labute approximate surface area is 114 Å². The smallest absolute Gasteiger partial charge is 0.311 e. The second kappa shape index (κ2) is 5.32. The molecule has 2 aromatic rings. The lowest BCUT2D eigenvalue weighted by molar-refractivity contribution is -0.139. The third-order valence-corrected chi connectivity index (χ3v) is 3.05. The Kier molecular flexibility index (Phi) is 3.76. The maximum atomic E-state index is 12.0. The van der Waals surface area contributed by atoms with Crippen molar-refractivity contribution in [2.75, 3.05) is 14.2 Å². The van der Waals surface area contributed by atoms with Crippen molar-refractivity contribution in [2.24, 2.45) is 0 Å². The van der Waals surface area contributed by atoms with Gasteiger partial charge in [0.15, 0.2) is 5.43 Å². The average molecular weight is 282 g/mol. The fourth-order valence-corrected chi connectivity index (χ4v) is 2.09. The lowest BCUT2D eigenvalue weighted by Crippen LogP contribution is -2.11. The van der Waals surface area contributed by atoms with Gasteiger partial charge in [0.2, 0.25) is 0 Å². The van der Waals surface area contributed by atoms with Gasteiger partial charge in [0, 0.05) is 11.8 Å². The molecule has 0 aliphatic heterocycles. The van der Waals surface area contributed by atoms with Gasteiger partial charge < -0.3 is 14.5 Å². The first-order valence-corrected chi connectivity index (χ1v) is 5.90. The van der Waals surface area contributed by atoms with Gasteiger partial charge in [-0.25, -0.2) is 0 Å². The Hall–Kier alpha value is -2.01. The van der Waals surface area contributed by atoms with Gasteiger partial charge in [-0.1, -0.05) is 11.6 Å². The number of benzene rings is 1. The SMILES string of the molecule is COC(=O)Cc1cc(=O)c2c(Cl)ccc(OC)c2[nH]1. The highest BCUT2D eigenvalue weighted by atomic mass is 35.5. The van der Waals surface area contributed by atoms with Gasteiger partial charge in [0.25, 0.3) is 0 Å². The number of esters is 1. The van der Waals surface area contributed by atoms with E-state index < -0.39 is 5.97 Å². The van der Waals surface area contributed by atoms with Crippen LogP contribution in [0.1, 0.15) is 5.69 Å². The fraction of sp³-hybridized carbons (Fsp3) is 0.231. The number of rotatable bonds is 3. The van der Waals surface area contributed by atoms with E-state index in [9.17, 15) is 9.59 Å². The quantitative estimate of drug-likeness (QED) is 0.873. The Bertz CT molecular complexity index is 693. The molecule has 0 aliphatic carbocycles. The topological polar surface area (TPSA) is 68.4 Å². The molecule has 100 valence electrons. The standard InChI is InChI=1S/C13H12ClNO4/c1-18-10-4-3-8(14)12-9(16)5-7(15-13(10)12)6-11(17)19-2/h3-5H,6H2,1-2H3,(H,15,16). The number of methoxy groups -OCH3 is 2. The summed E-state index contributed by atoms with van der Waals surface area (Å²) in [5, 5.41) is 0.677. The number of halogens is 1. The molecule has 0 amide bonds. The van der Waals surface area contributed by atoms with Crippen LogP contribution in [0.5, 0.6) is 5.75 Å². The molecule has 0 saturated heterocycles. The van der Waals surface area contributed by atoms with Crippen LogP contribution >= 0.6 is 11.6 Å². The first-order chi connectivity index (χ1) is 9.06. The molecule has 0 bridgehead atoms. The van der Waals surface area contributed by atoms with Gasteiger partial charge in [-0.3, -0.25) is 9.59 Å². The van der Waals surface area contributed by atoms with Gasteiger partial charge in [-0.15, -0.1) is 0 Å². The number of aromatic amines is 1. The molecule has 1 N–H and O–H groups in total. The number of carbonyl (C=O) groups is 1. The summed E-state index contributed by atoms with van der Waals surface area (Å²) in [6, 6.07) is 4.59. The van der Waals surface area contributed by atoms with E-state index in [2.05, 4.69) is 9.72 Å². The highest BCUT2D eigenvalue weighted by molar-refractivity contribution is 6.35. The summed E-state index contributed by atoms with van der Waals surface area (Å²) in [5.41, 5.74) is 0.655. The van der Waals surface area contributed by atoms with Crippen LogP contribution in [-0.4, -0.2) is 25.2 Å². The van der Waals surface area contributed by atoms with Crippen molar-refractivity contribution < 1.29 is 14.3 Å². The third-order valence-electron chi connectivity index (χ3n) is 2.74. The zero-order chi connectivity index (χ0) is 14.0. The van der Waals surface area contributed by atoms with Crippen LogP contribution < -0.4 is 10.2 Å². The van der Waals surface area contributed by atoms with Crippen LogP contribution in [-0.2, 0) is 16.0 Å². The molecule has 6 heteroatoms. The molecule has 0 spiro atoms. The van der Waals surface area contributed by atoms with Crippen molar-refractivity contribution >= 4 is 28.5 Å². The van der Waals surface area contributed by atoms with Crippen molar-refractivity contribution in [1.82, 2.24) is 4.98 Å². The van der Waals surface area contributed by atoms with E-state index >= 15 is 0 Å². The molecule has 0 fully saturated rings. The van der Waals surface area contributed by atoms with Gasteiger partial charge in [0.05, 0.1) is 36.6 Å². The molecule has 0 radical (unpaired) electrons. The first kappa shape index (κ1) is 13.4. The summed E-state index contributed by atoms with van der Waals surface area (Å²) in [4.78, 5) is 26.3. The zero-order valence-electron chi connectivity index (χ0n) is 10.5. The number of hydrogen-bond donors (Lipinski definition) is 1. The lowest BCUT2D eigenvalue weighted by Gasteiger charge is -2.08. The molecule has 1 aromatic heterocycles. The zero-order valence-corrected chi connectivity index (χ0v) is 11.2. The third kappa shape index (κ3) is 2.56. The van der Waals surface area contributed by atoms with Crippen LogP contribution in [0.2, 0.25) is 5.02 Å². The molecule has 0 unspecified atom stereocenters. The minimum Gasteiger partial charge on any atom is -0.495 e. The Morgan fingerprint density at radius 3 is 2.74 bits per heavy atom. The number of ether oxygens (including phenoxy) is 2. The highest BCUT2D eigenvalue weighted by Crippen LogP contribution is 2.27. The van der Waals surface area contributed by atoms with Gasteiger partial charge in [0.1, 0.15) is 5.75 Å². The van der Waals surface area contributed by atoms with E-state index in [0.29, 0.717) is 27.4 Å².